The molecule has 6 heteroatoms. The molecule has 0 unspecified atom stereocenters. The van der Waals surface area contributed by atoms with Gasteiger partial charge < -0.3 is 19.9 Å². The maximum absolute atomic E-state index is 12.6. The molecule has 1 heterocycles. The second-order valence-electron chi connectivity index (χ2n) is 6.67. The summed E-state index contributed by atoms with van der Waals surface area (Å²) in [5, 5.41) is 2.97. The molecule has 136 valence electrons. The molecule has 1 saturated heterocycles. The third kappa shape index (κ3) is 4.44. The van der Waals surface area contributed by atoms with E-state index in [-0.39, 0.29) is 18.0 Å². The van der Waals surface area contributed by atoms with E-state index in [0.29, 0.717) is 38.3 Å². The van der Waals surface area contributed by atoms with Crippen molar-refractivity contribution in [2.45, 2.75) is 45.1 Å². The van der Waals surface area contributed by atoms with E-state index >= 15 is 0 Å². The lowest BCUT2D eigenvalue weighted by molar-refractivity contribution is -0.132. The Morgan fingerprint density at radius 2 is 1.72 bits per heavy atom. The third-order valence-electron chi connectivity index (χ3n) is 4.95. The Morgan fingerprint density at radius 3 is 2.40 bits per heavy atom. The van der Waals surface area contributed by atoms with Crippen LogP contribution in [0.25, 0.3) is 0 Å². The monoisotopic (exact) mass is 345 g/mol. The lowest BCUT2D eigenvalue weighted by Gasteiger charge is -2.34. The third-order valence-corrected chi connectivity index (χ3v) is 4.95. The van der Waals surface area contributed by atoms with E-state index in [1.54, 1.807) is 4.90 Å². The normalized spacial score (nSPS) is 18.3. The van der Waals surface area contributed by atoms with Crippen molar-refractivity contribution >= 4 is 17.6 Å². The fourth-order valence-corrected chi connectivity index (χ4v) is 3.44. The van der Waals surface area contributed by atoms with Crippen LogP contribution in [0, 0.1) is 0 Å². The highest BCUT2D eigenvalue weighted by atomic mass is 16.5. The maximum Gasteiger partial charge on any atom is 0.322 e. The summed E-state index contributed by atoms with van der Waals surface area (Å²) in [6, 6.07) is 7.47. The number of carbonyl (C=O) groups excluding carboxylic acids is 2. The minimum atomic E-state index is -0.133. The number of piperazine rings is 1. The van der Waals surface area contributed by atoms with Gasteiger partial charge in [0.05, 0.1) is 11.8 Å². The van der Waals surface area contributed by atoms with Gasteiger partial charge in [-0.2, -0.15) is 0 Å². The quantitative estimate of drug-likeness (QED) is 0.912. The first-order valence-electron chi connectivity index (χ1n) is 9.26. The topological polar surface area (TPSA) is 61.9 Å². The molecule has 25 heavy (non-hydrogen) atoms. The molecule has 6 nitrogen and oxygen atoms in total. The summed E-state index contributed by atoms with van der Waals surface area (Å²) >= 11 is 0. The molecule has 0 radical (unpaired) electrons. The standard InChI is InChI=1S/C19H27N3O3/c1-2-18(23)21-11-13-22(14-12-21)19(24)20-16-9-5-6-10-17(16)25-15-7-3-4-8-15/h5-6,9-10,15H,2-4,7-8,11-14H2,1H3,(H,20,24). The number of anilines is 1. The molecule has 2 aliphatic rings. The molecule has 1 saturated carbocycles. The van der Waals surface area contributed by atoms with E-state index < -0.39 is 0 Å². The van der Waals surface area contributed by atoms with Gasteiger partial charge in [0.2, 0.25) is 5.91 Å². The van der Waals surface area contributed by atoms with Crippen molar-refractivity contribution in [2.75, 3.05) is 31.5 Å². The van der Waals surface area contributed by atoms with Gasteiger partial charge in [-0.15, -0.1) is 0 Å². The molecule has 0 spiro atoms. The van der Waals surface area contributed by atoms with Crippen LogP contribution < -0.4 is 10.1 Å². The van der Waals surface area contributed by atoms with Crippen LogP contribution in [0.2, 0.25) is 0 Å². The van der Waals surface area contributed by atoms with Gasteiger partial charge in [-0.1, -0.05) is 19.1 Å². The molecule has 1 aliphatic carbocycles. The summed E-state index contributed by atoms with van der Waals surface area (Å²) in [4.78, 5) is 27.9. The Balaban J connectivity index is 1.57. The van der Waals surface area contributed by atoms with Crippen LogP contribution in [0.5, 0.6) is 5.75 Å². The molecule has 3 amide bonds. The Labute approximate surface area is 149 Å². The van der Waals surface area contributed by atoms with Crippen LogP contribution in [-0.2, 0) is 4.79 Å². The second-order valence-corrected chi connectivity index (χ2v) is 6.67. The first-order chi connectivity index (χ1) is 12.2. The fourth-order valence-electron chi connectivity index (χ4n) is 3.44. The van der Waals surface area contributed by atoms with E-state index in [4.69, 9.17) is 4.74 Å². The summed E-state index contributed by atoms with van der Waals surface area (Å²) in [5.41, 5.74) is 0.714. The Kier molecular flexibility index (Phi) is 5.79. The molecule has 1 N–H and O–H groups in total. The summed E-state index contributed by atoms with van der Waals surface area (Å²) < 4.78 is 6.07. The molecule has 1 aromatic rings. The van der Waals surface area contributed by atoms with E-state index in [2.05, 4.69) is 5.32 Å². The number of amides is 3. The molecular formula is C19H27N3O3. The van der Waals surface area contributed by atoms with Gasteiger partial charge in [0.25, 0.3) is 0 Å². The molecule has 1 aliphatic heterocycles. The lowest BCUT2D eigenvalue weighted by atomic mass is 10.2. The highest BCUT2D eigenvalue weighted by Gasteiger charge is 2.24. The number of hydrogen-bond acceptors (Lipinski definition) is 3. The highest BCUT2D eigenvalue weighted by Crippen LogP contribution is 2.29. The molecule has 1 aromatic carbocycles. The zero-order valence-electron chi connectivity index (χ0n) is 14.9. The molecule has 0 atom stereocenters. The highest BCUT2D eigenvalue weighted by molar-refractivity contribution is 5.91. The number of carbonyl (C=O) groups is 2. The molecule has 0 bridgehead atoms. The number of nitrogens with one attached hydrogen (secondary N) is 1. The van der Waals surface area contributed by atoms with Gasteiger partial charge >= 0.3 is 6.03 Å². The van der Waals surface area contributed by atoms with Crippen LogP contribution in [0.3, 0.4) is 0 Å². The minimum absolute atomic E-state index is 0.133. The number of benzene rings is 1. The summed E-state index contributed by atoms with van der Waals surface area (Å²) in [5.74, 6) is 0.887. The number of ether oxygens (including phenoxy) is 1. The van der Waals surface area contributed by atoms with Gasteiger partial charge in [-0.05, 0) is 37.8 Å². The van der Waals surface area contributed by atoms with Crippen molar-refractivity contribution in [3.8, 4) is 5.75 Å². The first-order valence-corrected chi connectivity index (χ1v) is 9.26. The number of hydrogen-bond donors (Lipinski definition) is 1. The zero-order valence-corrected chi connectivity index (χ0v) is 14.9. The summed E-state index contributed by atoms with van der Waals surface area (Å²) in [7, 11) is 0. The van der Waals surface area contributed by atoms with Crippen LogP contribution in [0.4, 0.5) is 10.5 Å². The number of nitrogens with zero attached hydrogens (tertiary/aromatic N) is 2. The Hall–Kier alpha value is -2.24. The minimum Gasteiger partial charge on any atom is -0.488 e. The average molecular weight is 345 g/mol. The van der Waals surface area contributed by atoms with E-state index in [1.807, 2.05) is 36.1 Å². The molecular weight excluding hydrogens is 318 g/mol. The number of urea groups is 1. The SMILES string of the molecule is CCC(=O)N1CCN(C(=O)Nc2ccccc2OC2CCCC2)CC1. The Morgan fingerprint density at radius 1 is 1.08 bits per heavy atom. The maximum atomic E-state index is 12.6. The van der Waals surface area contributed by atoms with Gasteiger partial charge in [-0.3, -0.25) is 4.79 Å². The van der Waals surface area contributed by atoms with Crippen LogP contribution in [-0.4, -0.2) is 54.0 Å². The van der Waals surface area contributed by atoms with E-state index in [9.17, 15) is 9.59 Å². The molecule has 3 rings (SSSR count). The van der Waals surface area contributed by atoms with Gasteiger partial charge in [0, 0.05) is 32.6 Å². The predicted molar refractivity (Wildman–Crippen MR) is 96.8 cm³/mol. The van der Waals surface area contributed by atoms with E-state index in [1.165, 1.54) is 12.8 Å². The second kappa shape index (κ2) is 8.23. The van der Waals surface area contributed by atoms with Crippen molar-refractivity contribution in [3.05, 3.63) is 24.3 Å². The fraction of sp³-hybridized carbons (Fsp3) is 0.579. The van der Waals surface area contributed by atoms with Gasteiger partial charge in [0.15, 0.2) is 0 Å². The van der Waals surface area contributed by atoms with Crippen molar-refractivity contribution in [3.63, 3.8) is 0 Å². The summed E-state index contributed by atoms with van der Waals surface area (Å²) in [6.07, 6.45) is 5.34. The smallest absolute Gasteiger partial charge is 0.322 e. The van der Waals surface area contributed by atoms with Gasteiger partial charge in [0.1, 0.15) is 5.75 Å². The van der Waals surface area contributed by atoms with Crippen LogP contribution in [0.1, 0.15) is 39.0 Å². The van der Waals surface area contributed by atoms with Gasteiger partial charge in [-0.25, -0.2) is 4.79 Å². The number of rotatable bonds is 4. The predicted octanol–water partition coefficient (Wildman–Crippen LogP) is 3.09. The largest absolute Gasteiger partial charge is 0.488 e. The van der Waals surface area contributed by atoms with E-state index in [0.717, 1.165) is 18.6 Å². The van der Waals surface area contributed by atoms with Crippen molar-refractivity contribution in [1.29, 1.82) is 0 Å². The average Bonchev–Trinajstić information content (AvgIpc) is 3.16. The zero-order chi connectivity index (χ0) is 17.6. The lowest BCUT2D eigenvalue weighted by Crippen LogP contribution is -2.51. The Bertz CT molecular complexity index is 606. The van der Waals surface area contributed by atoms with Crippen molar-refractivity contribution in [2.24, 2.45) is 0 Å². The van der Waals surface area contributed by atoms with Crippen molar-refractivity contribution < 1.29 is 14.3 Å². The van der Waals surface area contributed by atoms with Crippen LogP contribution >= 0.6 is 0 Å². The first kappa shape index (κ1) is 17.6. The summed E-state index contributed by atoms with van der Waals surface area (Å²) in [6.45, 7) is 4.18. The molecule has 2 fully saturated rings. The number of para-hydroxylation sites is 2. The van der Waals surface area contributed by atoms with Crippen molar-refractivity contribution in [1.82, 2.24) is 9.80 Å². The van der Waals surface area contributed by atoms with Crippen LogP contribution in [0.15, 0.2) is 24.3 Å². The molecule has 0 aromatic heterocycles.